The number of methoxy groups -OCH3 is 1. The Kier molecular flexibility index (Phi) is 8.03. The lowest BCUT2D eigenvalue weighted by Crippen LogP contribution is -2.43. The molecule has 0 amide bonds. The molecule has 4 rings (SSSR count). The van der Waals surface area contributed by atoms with Gasteiger partial charge in [-0.2, -0.15) is 0 Å². The average Bonchev–Trinajstić information content (AvgIpc) is 2.87. The minimum Gasteiger partial charge on any atom is -0.508 e. The molecule has 188 valence electrons. The Bertz CT molecular complexity index is 1050. The summed E-state index contributed by atoms with van der Waals surface area (Å²) in [5.74, 6) is 2.34. The molecule has 3 atom stereocenters. The predicted molar refractivity (Wildman–Crippen MR) is 145 cm³/mol. The summed E-state index contributed by atoms with van der Waals surface area (Å²) in [4.78, 5) is 2.59. The number of nitrogens with zero attached hydrogens (tertiary/aromatic N) is 1. The number of rotatable bonds is 9. The number of aromatic hydroxyl groups is 1. The first-order valence-electron chi connectivity index (χ1n) is 13.1. The molecule has 2 aromatic rings. The van der Waals surface area contributed by atoms with Crippen molar-refractivity contribution in [3.8, 4) is 5.75 Å². The molecule has 2 aliphatic carbocycles. The highest BCUT2D eigenvalue weighted by molar-refractivity contribution is 5.37. The maximum atomic E-state index is 9.89. The summed E-state index contributed by atoms with van der Waals surface area (Å²) in [7, 11) is 3.78. The highest BCUT2D eigenvalue weighted by Crippen LogP contribution is 2.38. The molecule has 0 saturated heterocycles. The van der Waals surface area contributed by atoms with Crippen LogP contribution in [0.3, 0.4) is 0 Å². The van der Waals surface area contributed by atoms with E-state index in [1.165, 1.54) is 22.3 Å². The zero-order valence-electron chi connectivity index (χ0n) is 22.1. The van der Waals surface area contributed by atoms with Crippen LogP contribution in [0.2, 0.25) is 0 Å². The molecule has 4 heteroatoms. The monoisotopic (exact) mass is 474 g/mol. The number of phenolic OH excluding ortho intramolecular Hbond substituents is 1. The van der Waals surface area contributed by atoms with Crippen LogP contribution in [0.5, 0.6) is 5.75 Å². The van der Waals surface area contributed by atoms with Gasteiger partial charge in [-0.3, -0.25) is 4.90 Å². The number of benzene rings is 2. The average molecular weight is 475 g/mol. The molecule has 0 fully saturated rings. The van der Waals surface area contributed by atoms with Crippen molar-refractivity contribution in [2.24, 2.45) is 11.8 Å². The molecule has 35 heavy (non-hydrogen) atoms. The predicted octanol–water partition coefficient (Wildman–Crippen LogP) is 5.60. The summed E-state index contributed by atoms with van der Waals surface area (Å²) in [5, 5.41) is 13.2. The number of nitrogens with one attached hydrogen (secondary N) is 1. The van der Waals surface area contributed by atoms with Crippen LogP contribution in [0.1, 0.15) is 49.4 Å². The second kappa shape index (κ2) is 11.0. The fourth-order valence-electron chi connectivity index (χ4n) is 5.94. The SMILES string of the molecule is CCN(Cc1ccc(C(C)(C)CNC)cc1)C1C=C(OC)C=CC1[C@@H]1CCc2cc(O)ccc2C1. The summed E-state index contributed by atoms with van der Waals surface area (Å²) in [6, 6.07) is 15.4. The van der Waals surface area contributed by atoms with Crippen LogP contribution in [-0.4, -0.2) is 43.3 Å². The van der Waals surface area contributed by atoms with E-state index in [0.717, 1.165) is 44.7 Å². The molecule has 4 nitrogen and oxygen atoms in total. The minimum absolute atomic E-state index is 0.112. The molecule has 0 aliphatic heterocycles. The van der Waals surface area contributed by atoms with E-state index in [1.54, 1.807) is 7.11 Å². The second-order valence-corrected chi connectivity index (χ2v) is 10.8. The van der Waals surface area contributed by atoms with Crippen molar-refractivity contribution < 1.29 is 9.84 Å². The van der Waals surface area contributed by atoms with Crippen LogP contribution in [0.4, 0.5) is 0 Å². The zero-order valence-corrected chi connectivity index (χ0v) is 22.1. The van der Waals surface area contributed by atoms with Crippen molar-refractivity contribution in [1.29, 1.82) is 0 Å². The maximum absolute atomic E-state index is 9.89. The van der Waals surface area contributed by atoms with Crippen molar-refractivity contribution >= 4 is 0 Å². The molecule has 0 spiro atoms. The summed E-state index contributed by atoms with van der Waals surface area (Å²) in [6.45, 7) is 9.69. The first-order valence-corrected chi connectivity index (χ1v) is 13.1. The Morgan fingerprint density at radius 2 is 1.89 bits per heavy atom. The van der Waals surface area contributed by atoms with Crippen molar-refractivity contribution in [2.45, 2.75) is 58.0 Å². The van der Waals surface area contributed by atoms with E-state index >= 15 is 0 Å². The molecule has 0 radical (unpaired) electrons. The van der Waals surface area contributed by atoms with E-state index < -0.39 is 0 Å². The molecule has 0 heterocycles. The van der Waals surface area contributed by atoms with Crippen LogP contribution < -0.4 is 5.32 Å². The number of likely N-dealkylation sites (N-methyl/N-ethyl adjacent to an activating group) is 2. The Hall–Kier alpha value is -2.56. The van der Waals surface area contributed by atoms with Crippen LogP contribution >= 0.6 is 0 Å². The Morgan fingerprint density at radius 3 is 2.57 bits per heavy atom. The standard InChI is InChI=1S/C31H42N2O2/c1-6-33(20-22-7-12-26(13-8-22)31(2,3)21-32-4)30-19-28(35-5)15-16-29(30)25-10-9-24-18-27(34)14-11-23(24)17-25/h7-8,11-16,18-19,25,29-30,32,34H,6,9-10,17,20-21H2,1-5H3/t25-,29?,30?/m1/s1. The molecular weight excluding hydrogens is 432 g/mol. The smallest absolute Gasteiger partial charge is 0.116 e. The zero-order chi connectivity index (χ0) is 25.0. The normalized spacial score (nSPS) is 22.1. The van der Waals surface area contributed by atoms with Crippen molar-refractivity contribution in [2.75, 3.05) is 27.2 Å². The van der Waals surface area contributed by atoms with Gasteiger partial charge >= 0.3 is 0 Å². The Labute approximate surface area is 211 Å². The van der Waals surface area contributed by atoms with Gasteiger partial charge < -0.3 is 15.2 Å². The van der Waals surface area contributed by atoms with Crippen LogP contribution in [-0.2, 0) is 29.5 Å². The van der Waals surface area contributed by atoms with Gasteiger partial charge in [0.05, 0.1) is 7.11 Å². The molecule has 0 saturated carbocycles. The quantitative estimate of drug-likeness (QED) is 0.496. The number of aryl methyl sites for hydroxylation is 1. The van der Waals surface area contributed by atoms with E-state index in [9.17, 15) is 5.11 Å². The summed E-state index contributed by atoms with van der Waals surface area (Å²) in [5.41, 5.74) is 5.52. The van der Waals surface area contributed by atoms with Crippen molar-refractivity contribution in [1.82, 2.24) is 10.2 Å². The third kappa shape index (κ3) is 5.82. The highest BCUT2D eigenvalue weighted by Gasteiger charge is 2.34. The first kappa shape index (κ1) is 25.5. The lowest BCUT2D eigenvalue weighted by atomic mass is 9.72. The van der Waals surface area contributed by atoms with Gasteiger partial charge in [0.1, 0.15) is 11.5 Å². The number of phenols is 1. The van der Waals surface area contributed by atoms with Gasteiger partial charge in [-0.1, -0.05) is 57.2 Å². The topological polar surface area (TPSA) is 44.7 Å². The van der Waals surface area contributed by atoms with Gasteiger partial charge in [-0.15, -0.1) is 0 Å². The van der Waals surface area contributed by atoms with Gasteiger partial charge in [0.15, 0.2) is 0 Å². The lowest BCUT2D eigenvalue weighted by molar-refractivity contribution is 0.147. The van der Waals surface area contributed by atoms with E-state index in [2.05, 4.69) is 79.5 Å². The number of hydrogen-bond acceptors (Lipinski definition) is 4. The number of hydrogen-bond donors (Lipinski definition) is 2. The molecule has 0 aromatic heterocycles. The largest absolute Gasteiger partial charge is 0.508 e. The van der Waals surface area contributed by atoms with Gasteiger partial charge in [-0.25, -0.2) is 0 Å². The fourth-order valence-corrected chi connectivity index (χ4v) is 5.94. The number of fused-ring (bicyclic) bond motifs is 1. The Balaban J connectivity index is 1.54. The van der Waals surface area contributed by atoms with Crippen LogP contribution in [0.15, 0.2) is 66.5 Å². The molecule has 2 aromatic carbocycles. The fraction of sp³-hybridized carbons (Fsp3) is 0.484. The number of ether oxygens (including phenoxy) is 1. The molecule has 0 bridgehead atoms. The van der Waals surface area contributed by atoms with Gasteiger partial charge in [0.2, 0.25) is 0 Å². The maximum Gasteiger partial charge on any atom is 0.116 e. The van der Waals surface area contributed by atoms with Crippen LogP contribution in [0.25, 0.3) is 0 Å². The van der Waals surface area contributed by atoms with E-state index in [4.69, 9.17) is 4.74 Å². The van der Waals surface area contributed by atoms with Gasteiger partial charge in [-0.05, 0) is 91.2 Å². The van der Waals surface area contributed by atoms with E-state index in [-0.39, 0.29) is 5.41 Å². The minimum atomic E-state index is 0.112. The van der Waals surface area contributed by atoms with Crippen LogP contribution in [0, 0.1) is 11.8 Å². The molecular formula is C31H42N2O2. The third-order valence-corrected chi connectivity index (χ3v) is 8.02. The van der Waals surface area contributed by atoms with Gasteiger partial charge in [0, 0.05) is 24.5 Å². The summed E-state index contributed by atoms with van der Waals surface area (Å²) >= 11 is 0. The van der Waals surface area contributed by atoms with Gasteiger partial charge in [0.25, 0.3) is 0 Å². The molecule has 2 aliphatic rings. The first-order chi connectivity index (χ1) is 16.8. The second-order valence-electron chi connectivity index (χ2n) is 10.8. The third-order valence-electron chi connectivity index (χ3n) is 8.02. The molecule has 2 unspecified atom stereocenters. The van der Waals surface area contributed by atoms with Crippen molar-refractivity contribution in [3.63, 3.8) is 0 Å². The molecule has 2 N–H and O–H groups in total. The highest BCUT2D eigenvalue weighted by atomic mass is 16.5. The van der Waals surface area contributed by atoms with E-state index in [1.807, 2.05) is 19.2 Å². The Morgan fingerprint density at radius 1 is 1.11 bits per heavy atom. The lowest BCUT2D eigenvalue weighted by Gasteiger charge is -2.41. The summed E-state index contributed by atoms with van der Waals surface area (Å²) in [6.07, 6.45) is 10.1. The summed E-state index contributed by atoms with van der Waals surface area (Å²) < 4.78 is 5.66. The number of allylic oxidation sites excluding steroid dienone is 1. The van der Waals surface area contributed by atoms with Crippen molar-refractivity contribution in [3.05, 3.63) is 88.7 Å². The van der Waals surface area contributed by atoms with E-state index in [0.29, 0.717) is 23.6 Å².